The van der Waals surface area contributed by atoms with Gasteiger partial charge < -0.3 is 14.5 Å². The van der Waals surface area contributed by atoms with Gasteiger partial charge in [-0.25, -0.2) is 0 Å². The molecular weight excluding hydrogens is 203 g/mol. The van der Waals surface area contributed by atoms with Gasteiger partial charge in [-0.1, -0.05) is 6.58 Å². The number of hydrogen-bond donors (Lipinski definition) is 2. The molecule has 0 aromatic rings. The first-order valence-corrected chi connectivity index (χ1v) is 5.31. The van der Waals surface area contributed by atoms with Crippen LogP contribution in [-0.4, -0.2) is 48.5 Å². The van der Waals surface area contributed by atoms with Gasteiger partial charge in [-0.3, -0.25) is 9.59 Å². The first-order valence-electron chi connectivity index (χ1n) is 4.01. The van der Waals surface area contributed by atoms with Crippen molar-refractivity contribution in [1.29, 1.82) is 0 Å². The first-order chi connectivity index (χ1) is 6.26. The van der Waals surface area contributed by atoms with Crippen molar-refractivity contribution in [3.63, 3.8) is 0 Å². The Kier molecular flexibility index (Phi) is 4.91. The van der Waals surface area contributed by atoms with Gasteiger partial charge in [0, 0.05) is 0 Å². The summed E-state index contributed by atoms with van der Waals surface area (Å²) < 4.78 is 0.419. The summed E-state index contributed by atoms with van der Waals surface area (Å²) in [5.41, 5.74) is -0.359. The summed E-state index contributed by atoms with van der Waals surface area (Å²) in [6.07, 6.45) is 1.02. The van der Waals surface area contributed by atoms with E-state index in [2.05, 4.69) is 11.7 Å². The number of hydrogen-bond acceptors (Lipinski definition) is 3. The average Bonchev–Trinajstić information content (AvgIpc) is 2.00. The minimum atomic E-state index is -2.08. The van der Waals surface area contributed by atoms with Crippen LogP contribution in [0.2, 0.25) is 0 Å². The Balaban J connectivity index is 4.13. The summed E-state index contributed by atoms with van der Waals surface area (Å²) >= 11 is 0. The molecule has 6 heteroatoms. The maximum Gasteiger partial charge on any atom is 0.256 e. The van der Waals surface area contributed by atoms with Crippen molar-refractivity contribution in [1.82, 2.24) is 5.09 Å². The highest BCUT2D eigenvalue weighted by molar-refractivity contribution is 7.68. The second kappa shape index (κ2) is 5.20. The van der Waals surface area contributed by atoms with E-state index in [1.54, 1.807) is 0 Å². The lowest BCUT2D eigenvalue weighted by atomic mass is 10.5. The van der Waals surface area contributed by atoms with Gasteiger partial charge in [0.15, 0.2) is 0 Å². The van der Waals surface area contributed by atoms with E-state index >= 15 is 0 Å². The Labute approximate surface area is 84.9 Å². The van der Waals surface area contributed by atoms with Gasteiger partial charge in [0.2, 0.25) is 14.2 Å². The standard InChI is InChI=1S/C8H15N2O3P/c1-5-7(11)9-14(13)8(12)6-10(2,3)4/h5,13H,1,6H2,2-4H3/p+1. The van der Waals surface area contributed by atoms with E-state index in [0.717, 1.165) is 6.08 Å². The molecule has 0 spiro atoms. The van der Waals surface area contributed by atoms with Crippen molar-refractivity contribution in [2.45, 2.75) is 0 Å². The number of nitrogens with one attached hydrogen (secondary N) is 1. The SMILES string of the molecule is C=CC(=O)NP(O)C(=O)C[N+](C)(C)C. The zero-order valence-corrected chi connectivity index (χ0v) is 9.54. The summed E-state index contributed by atoms with van der Waals surface area (Å²) in [7, 11) is 3.41. The topological polar surface area (TPSA) is 66.4 Å². The highest BCUT2D eigenvalue weighted by Crippen LogP contribution is 2.25. The van der Waals surface area contributed by atoms with Gasteiger partial charge in [-0.15, -0.1) is 0 Å². The number of amides is 1. The molecule has 5 nitrogen and oxygen atoms in total. The van der Waals surface area contributed by atoms with E-state index < -0.39 is 14.2 Å². The number of likely N-dealkylation sites (N-methyl/N-ethyl adjacent to an activating group) is 1. The summed E-state index contributed by atoms with van der Waals surface area (Å²) in [6.45, 7) is 3.40. The molecule has 0 heterocycles. The first kappa shape index (κ1) is 13.2. The fraction of sp³-hybridized carbons (Fsp3) is 0.500. The second-order valence-corrected chi connectivity index (χ2v) is 5.18. The molecule has 80 valence electrons. The molecule has 0 aliphatic carbocycles. The van der Waals surface area contributed by atoms with Crippen LogP contribution in [0.4, 0.5) is 0 Å². The van der Waals surface area contributed by atoms with E-state index in [4.69, 9.17) is 0 Å². The van der Waals surface area contributed by atoms with Crippen LogP contribution in [0.15, 0.2) is 12.7 Å². The van der Waals surface area contributed by atoms with Crippen molar-refractivity contribution in [2.24, 2.45) is 0 Å². The molecule has 0 rings (SSSR count). The number of rotatable bonds is 5. The molecular formula is C8H16N2O3P+. The number of nitrogens with zero attached hydrogens (tertiary/aromatic N) is 1. The van der Waals surface area contributed by atoms with Gasteiger partial charge in [-0.2, -0.15) is 0 Å². The molecule has 0 radical (unpaired) electrons. The molecule has 1 atom stereocenters. The molecule has 0 bridgehead atoms. The maximum atomic E-state index is 11.3. The van der Waals surface area contributed by atoms with Crippen molar-refractivity contribution in [3.05, 3.63) is 12.7 Å². The van der Waals surface area contributed by atoms with Crippen LogP contribution in [0.1, 0.15) is 0 Å². The number of carbonyl (C=O) groups is 2. The Bertz CT molecular complexity index is 247. The van der Waals surface area contributed by atoms with Gasteiger partial charge in [0.05, 0.1) is 21.1 Å². The van der Waals surface area contributed by atoms with Crippen LogP contribution in [0.5, 0.6) is 0 Å². The molecule has 0 fully saturated rings. The molecule has 0 aliphatic rings. The van der Waals surface area contributed by atoms with Crippen LogP contribution in [0.25, 0.3) is 0 Å². The molecule has 0 aromatic carbocycles. The monoisotopic (exact) mass is 219 g/mol. The van der Waals surface area contributed by atoms with E-state index in [1.807, 2.05) is 21.1 Å². The maximum absolute atomic E-state index is 11.3. The molecule has 0 saturated carbocycles. The van der Waals surface area contributed by atoms with Crippen LogP contribution in [0.3, 0.4) is 0 Å². The summed E-state index contributed by atoms with van der Waals surface area (Å²) in [4.78, 5) is 31.4. The lowest BCUT2D eigenvalue weighted by Gasteiger charge is -2.23. The van der Waals surface area contributed by atoms with E-state index in [9.17, 15) is 14.5 Å². The van der Waals surface area contributed by atoms with Gasteiger partial charge in [-0.05, 0) is 6.08 Å². The third-order valence-corrected chi connectivity index (χ3v) is 2.29. The average molecular weight is 219 g/mol. The molecule has 1 amide bonds. The minimum Gasteiger partial charge on any atom is -0.349 e. The third kappa shape index (κ3) is 5.80. The van der Waals surface area contributed by atoms with Crippen LogP contribution in [0, 0.1) is 0 Å². The highest BCUT2D eigenvalue weighted by Gasteiger charge is 2.23. The van der Waals surface area contributed by atoms with E-state index in [0.29, 0.717) is 4.48 Å². The van der Waals surface area contributed by atoms with Gasteiger partial charge >= 0.3 is 0 Å². The second-order valence-electron chi connectivity index (χ2n) is 3.83. The summed E-state index contributed by atoms with van der Waals surface area (Å²) in [6, 6.07) is 0. The molecule has 0 saturated heterocycles. The van der Waals surface area contributed by atoms with Crippen LogP contribution >= 0.6 is 8.30 Å². The highest BCUT2D eigenvalue weighted by atomic mass is 31.2. The Hall–Kier alpha value is -0.770. The van der Waals surface area contributed by atoms with Crippen molar-refractivity contribution >= 4 is 19.7 Å². The normalized spacial score (nSPS) is 13.1. The molecule has 1 unspecified atom stereocenters. The summed E-state index contributed by atoms with van der Waals surface area (Å²) in [5, 5.41) is 2.16. The van der Waals surface area contributed by atoms with Crippen molar-refractivity contribution in [2.75, 3.05) is 27.7 Å². The van der Waals surface area contributed by atoms with Crippen molar-refractivity contribution < 1.29 is 19.0 Å². The predicted octanol–water partition coefficient (Wildman–Crippen LogP) is -0.174. The summed E-state index contributed by atoms with van der Waals surface area (Å²) in [5.74, 6) is -0.534. The smallest absolute Gasteiger partial charge is 0.256 e. The quantitative estimate of drug-likeness (QED) is 0.383. The van der Waals surface area contributed by atoms with Gasteiger partial charge in [0.25, 0.3) is 5.52 Å². The molecule has 2 N–H and O–H groups in total. The fourth-order valence-corrected chi connectivity index (χ4v) is 1.67. The fourth-order valence-electron chi connectivity index (χ4n) is 0.685. The third-order valence-electron chi connectivity index (χ3n) is 1.25. The molecule has 0 aliphatic heterocycles. The van der Waals surface area contributed by atoms with E-state index in [1.165, 1.54) is 0 Å². The predicted molar refractivity (Wildman–Crippen MR) is 55.4 cm³/mol. The van der Waals surface area contributed by atoms with Crippen LogP contribution < -0.4 is 5.09 Å². The van der Waals surface area contributed by atoms with Crippen LogP contribution in [-0.2, 0) is 9.59 Å². The number of quaternary nitrogens is 1. The Morgan fingerprint density at radius 2 is 2.00 bits per heavy atom. The zero-order chi connectivity index (χ0) is 11.4. The van der Waals surface area contributed by atoms with Gasteiger partial charge in [0.1, 0.15) is 6.54 Å². The minimum absolute atomic E-state index is 0.180. The lowest BCUT2D eigenvalue weighted by Crippen LogP contribution is -2.40. The van der Waals surface area contributed by atoms with Crippen molar-refractivity contribution in [3.8, 4) is 0 Å². The molecule has 14 heavy (non-hydrogen) atoms. The number of carbonyl (C=O) groups excluding carboxylic acids is 2. The largest absolute Gasteiger partial charge is 0.349 e. The Morgan fingerprint density at radius 3 is 2.36 bits per heavy atom. The Morgan fingerprint density at radius 1 is 1.50 bits per heavy atom. The van der Waals surface area contributed by atoms with E-state index in [-0.39, 0.29) is 12.1 Å². The zero-order valence-electron chi connectivity index (χ0n) is 8.65. The molecule has 0 aromatic heterocycles. The lowest BCUT2D eigenvalue weighted by molar-refractivity contribution is -0.861.